The summed E-state index contributed by atoms with van der Waals surface area (Å²) in [5.74, 6) is 2.16. The molecule has 0 aromatic heterocycles. The molecule has 2 aliphatic heterocycles. The van der Waals surface area contributed by atoms with Crippen LogP contribution in [-0.2, 0) is 14.3 Å². The lowest BCUT2D eigenvalue weighted by molar-refractivity contribution is 0.0553. The zero-order chi connectivity index (χ0) is 17.4. The molecule has 0 spiro atoms. The van der Waals surface area contributed by atoms with E-state index in [4.69, 9.17) is 23.1 Å². The third-order valence-electron chi connectivity index (χ3n) is 3.88. The predicted octanol–water partition coefficient (Wildman–Crippen LogP) is 2.27. The first-order valence-electron chi connectivity index (χ1n) is 7.70. The maximum absolute atomic E-state index is 12.2. The van der Waals surface area contributed by atoms with Crippen LogP contribution in [0.5, 0.6) is 23.0 Å². The number of aryl methyl sites for hydroxylation is 1. The molecule has 0 N–H and O–H groups in total. The zero-order valence-electron chi connectivity index (χ0n) is 13.4. The predicted molar refractivity (Wildman–Crippen MR) is 86.8 cm³/mol. The van der Waals surface area contributed by atoms with Crippen molar-refractivity contribution in [3.05, 3.63) is 42.0 Å². The highest BCUT2D eigenvalue weighted by Gasteiger charge is 2.27. The molecule has 2 aromatic rings. The van der Waals surface area contributed by atoms with Crippen LogP contribution >= 0.6 is 0 Å². The Morgan fingerprint density at radius 3 is 2.36 bits per heavy atom. The molecule has 2 heterocycles. The third-order valence-corrected chi connectivity index (χ3v) is 5.17. The Labute approximate surface area is 145 Å². The van der Waals surface area contributed by atoms with Gasteiger partial charge < -0.3 is 18.9 Å². The molecule has 0 saturated carbocycles. The van der Waals surface area contributed by atoms with Crippen molar-refractivity contribution < 1.29 is 31.5 Å². The van der Waals surface area contributed by atoms with Crippen LogP contribution in [0.15, 0.2) is 41.3 Å². The van der Waals surface area contributed by atoms with E-state index < -0.39 is 16.2 Å². The lowest BCUT2D eigenvalue weighted by Gasteiger charge is -2.26. The fourth-order valence-electron chi connectivity index (χ4n) is 2.53. The quantitative estimate of drug-likeness (QED) is 0.770. The van der Waals surface area contributed by atoms with E-state index in [2.05, 4.69) is 0 Å². The van der Waals surface area contributed by atoms with Gasteiger partial charge in [0.25, 0.3) is 10.1 Å². The Balaban J connectivity index is 1.43. The van der Waals surface area contributed by atoms with E-state index in [0.29, 0.717) is 23.0 Å². The molecule has 7 nitrogen and oxygen atoms in total. The van der Waals surface area contributed by atoms with E-state index in [1.54, 1.807) is 24.3 Å². The van der Waals surface area contributed by atoms with Crippen LogP contribution in [0.2, 0.25) is 0 Å². The fourth-order valence-corrected chi connectivity index (χ4v) is 3.46. The lowest BCUT2D eigenvalue weighted by Crippen LogP contribution is -2.34. The van der Waals surface area contributed by atoms with Gasteiger partial charge in [-0.3, -0.25) is 4.18 Å². The summed E-state index contributed by atoms with van der Waals surface area (Å²) in [5, 5.41) is 0. The van der Waals surface area contributed by atoms with Gasteiger partial charge in [-0.1, -0.05) is 17.7 Å². The van der Waals surface area contributed by atoms with Gasteiger partial charge in [-0.25, -0.2) is 0 Å². The Hall–Kier alpha value is -2.45. The van der Waals surface area contributed by atoms with Crippen molar-refractivity contribution in [3.63, 3.8) is 0 Å². The van der Waals surface area contributed by atoms with Gasteiger partial charge >= 0.3 is 0 Å². The van der Waals surface area contributed by atoms with E-state index in [-0.39, 0.29) is 24.9 Å². The summed E-state index contributed by atoms with van der Waals surface area (Å²) in [6.07, 6.45) is -0.548. The number of ether oxygens (including phenoxy) is 4. The fraction of sp³-hybridized carbons (Fsp3) is 0.294. The molecule has 2 aromatic carbocycles. The van der Waals surface area contributed by atoms with Gasteiger partial charge in [-0.2, -0.15) is 8.42 Å². The number of fused-ring (bicyclic) bond motifs is 2. The molecule has 0 amide bonds. The van der Waals surface area contributed by atoms with Crippen LogP contribution in [-0.4, -0.2) is 34.5 Å². The molecule has 25 heavy (non-hydrogen) atoms. The van der Waals surface area contributed by atoms with Gasteiger partial charge in [0, 0.05) is 12.1 Å². The number of hydrogen-bond donors (Lipinski definition) is 0. The van der Waals surface area contributed by atoms with Crippen LogP contribution < -0.4 is 18.9 Å². The molecule has 0 radical (unpaired) electrons. The zero-order valence-corrected chi connectivity index (χ0v) is 14.2. The molecular weight excluding hydrogens is 348 g/mol. The maximum Gasteiger partial charge on any atom is 0.297 e. The van der Waals surface area contributed by atoms with Crippen LogP contribution in [0.1, 0.15) is 5.56 Å². The van der Waals surface area contributed by atoms with Crippen LogP contribution in [0, 0.1) is 6.92 Å². The summed E-state index contributed by atoms with van der Waals surface area (Å²) >= 11 is 0. The van der Waals surface area contributed by atoms with Crippen molar-refractivity contribution in [2.24, 2.45) is 0 Å². The smallest absolute Gasteiger partial charge is 0.297 e. The minimum absolute atomic E-state index is 0.110. The Bertz CT molecular complexity index is 890. The van der Waals surface area contributed by atoms with Crippen LogP contribution in [0.3, 0.4) is 0 Å². The van der Waals surface area contributed by atoms with Crippen molar-refractivity contribution in [1.82, 2.24) is 0 Å². The van der Waals surface area contributed by atoms with E-state index >= 15 is 0 Å². The second kappa shape index (κ2) is 6.12. The minimum atomic E-state index is -3.84. The number of hydrogen-bond acceptors (Lipinski definition) is 7. The summed E-state index contributed by atoms with van der Waals surface area (Å²) in [4.78, 5) is 0.110. The van der Waals surface area contributed by atoms with Crippen molar-refractivity contribution in [1.29, 1.82) is 0 Å². The average Bonchev–Trinajstić information content (AvgIpc) is 3.05. The second-order valence-electron chi connectivity index (χ2n) is 5.75. The molecule has 4 rings (SSSR count). The van der Waals surface area contributed by atoms with Gasteiger partial charge in [0.1, 0.15) is 13.2 Å². The summed E-state index contributed by atoms with van der Waals surface area (Å²) in [6.45, 7) is 2.06. The highest BCUT2D eigenvalue weighted by Crippen LogP contribution is 2.43. The molecule has 0 bridgehead atoms. The van der Waals surface area contributed by atoms with Gasteiger partial charge in [-0.15, -0.1) is 0 Å². The molecule has 132 valence electrons. The van der Waals surface area contributed by atoms with Crippen LogP contribution in [0.4, 0.5) is 0 Å². The highest BCUT2D eigenvalue weighted by atomic mass is 32.2. The topological polar surface area (TPSA) is 80.3 Å². The van der Waals surface area contributed by atoms with E-state index in [1.807, 2.05) is 6.92 Å². The van der Waals surface area contributed by atoms with Gasteiger partial charge in [0.15, 0.2) is 29.1 Å². The molecule has 0 saturated heterocycles. The van der Waals surface area contributed by atoms with E-state index in [0.717, 1.165) is 5.56 Å². The summed E-state index contributed by atoms with van der Waals surface area (Å²) in [6, 6.07) is 9.82. The molecule has 2 aliphatic rings. The Morgan fingerprint density at radius 2 is 1.64 bits per heavy atom. The lowest BCUT2D eigenvalue weighted by atomic mass is 10.2. The molecule has 1 atom stereocenters. The van der Waals surface area contributed by atoms with E-state index in [9.17, 15) is 8.42 Å². The summed E-state index contributed by atoms with van der Waals surface area (Å²) in [5.41, 5.74) is 0.971. The van der Waals surface area contributed by atoms with Crippen molar-refractivity contribution in [3.8, 4) is 23.0 Å². The largest absolute Gasteiger partial charge is 0.486 e. The maximum atomic E-state index is 12.2. The Kier molecular flexibility index (Phi) is 3.93. The SMILES string of the molecule is Cc1ccc(S(=O)(=O)OCC2COc3cc4c(cc3O2)OCO4)cc1. The van der Waals surface area contributed by atoms with Gasteiger partial charge in [0.2, 0.25) is 6.79 Å². The molecule has 1 unspecified atom stereocenters. The van der Waals surface area contributed by atoms with Gasteiger partial charge in [0.05, 0.1) is 4.90 Å². The van der Waals surface area contributed by atoms with E-state index in [1.165, 1.54) is 12.1 Å². The summed E-state index contributed by atoms with van der Waals surface area (Å²) in [7, 11) is -3.84. The monoisotopic (exact) mass is 364 g/mol. The normalized spacial score (nSPS) is 18.2. The third kappa shape index (κ3) is 3.22. The standard InChI is InChI=1S/C17H16O7S/c1-11-2-4-13(5-3-11)25(18,19)23-9-12-8-20-16-6-14-15(22-10-21-14)7-17(16)24-12/h2-7,12H,8-10H2,1H3. The minimum Gasteiger partial charge on any atom is -0.486 e. The number of benzene rings is 2. The van der Waals surface area contributed by atoms with Gasteiger partial charge in [-0.05, 0) is 19.1 Å². The first-order valence-corrected chi connectivity index (χ1v) is 9.11. The van der Waals surface area contributed by atoms with Crippen molar-refractivity contribution >= 4 is 10.1 Å². The first-order chi connectivity index (χ1) is 12.0. The second-order valence-corrected chi connectivity index (χ2v) is 7.37. The first kappa shape index (κ1) is 16.0. The Morgan fingerprint density at radius 1 is 1.00 bits per heavy atom. The summed E-state index contributed by atoms with van der Waals surface area (Å²) < 4.78 is 51.5. The van der Waals surface area contributed by atoms with Crippen LogP contribution in [0.25, 0.3) is 0 Å². The highest BCUT2D eigenvalue weighted by molar-refractivity contribution is 7.86. The molecule has 0 aliphatic carbocycles. The number of rotatable bonds is 4. The molecular formula is C17H16O7S. The molecule has 0 fully saturated rings. The van der Waals surface area contributed by atoms with Crippen molar-refractivity contribution in [2.75, 3.05) is 20.0 Å². The average molecular weight is 364 g/mol. The molecule has 8 heteroatoms. The van der Waals surface area contributed by atoms with Crippen molar-refractivity contribution in [2.45, 2.75) is 17.9 Å².